The quantitative estimate of drug-likeness (QED) is 0.335. The predicted molar refractivity (Wildman–Crippen MR) is 112 cm³/mol. The van der Waals surface area contributed by atoms with Crippen molar-refractivity contribution in [3.8, 4) is 5.75 Å². The summed E-state index contributed by atoms with van der Waals surface area (Å²) in [5, 5.41) is 11.2. The average Bonchev–Trinajstić information content (AvgIpc) is 3.49. The summed E-state index contributed by atoms with van der Waals surface area (Å²) in [7, 11) is 0. The highest BCUT2D eigenvalue weighted by Crippen LogP contribution is 2.32. The minimum atomic E-state index is -0.614. The largest absolute Gasteiger partial charge is 0.464 e. The number of carbonyl (C=O) groups excluding carboxylic acids is 2. The summed E-state index contributed by atoms with van der Waals surface area (Å²) in [6.45, 7) is 1.79. The molecule has 1 N–H and O–H groups in total. The molecule has 1 fully saturated rings. The molecule has 0 aliphatic heterocycles. The van der Waals surface area contributed by atoms with Gasteiger partial charge in [0.25, 0.3) is 0 Å². The van der Waals surface area contributed by atoms with Crippen LogP contribution in [0.3, 0.4) is 0 Å². The number of benzene rings is 1. The standard InChI is InChI=1S/C20H17N3O5S2/c1-11-4-2-3-5-14(11)18(26)28-16-9-27-13(8-15(16)24)10-29-20-23-22-19(30-20)21-17(25)12-6-7-12/h2-5,8-9,12H,6-7,10H2,1H3,(H,21,22,25). The molecule has 1 aromatic carbocycles. The van der Waals surface area contributed by atoms with Gasteiger partial charge >= 0.3 is 5.97 Å². The van der Waals surface area contributed by atoms with Crippen LogP contribution in [0.1, 0.15) is 34.5 Å². The molecular weight excluding hydrogens is 426 g/mol. The van der Waals surface area contributed by atoms with Gasteiger partial charge in [-0.1, -0.05) is 41.3 Å². The molecule has 1 amide bonds. The van der Waals surface area contributed by atoms with Crippen molar-refractivity contribution in [3.63, 3.8) is 0 Å². The molecule has 3 aromatic rings. The highest BCUT2D eigenvalue weighted by atomic mass is 32.2. The molecule has 0 bridgehead atoms. The van der Waals surface area contributed by atoms with E-state index in [9.17, 15) is 14.4 Å². The van der Waals surface area contributed by atoms with Crippen LogP contribution in [0.2, 0.25) is 0 Å². The number of amides is 1. The van der Waals surface area contributed by atoms with Crippen molar-refractivity contribution in [1.82, 2.24) is 10.2 Å². The van der Waals surface area contributed by atoms with E-state index < -0.39 is 11.4 Å². The fourth-order valence-corrected chi connectivity index (χ4v) is 4.20. The van der Waals surface area contributed by atoms with Crippen molar-refractivity contribution < 1.29 is 18.7 Å². The van der Waals surface area contributed by atoms with Crippen LogP contribution in [0.5, 0.6) is 5.75 Å². The van der Waals surface area contributed by atoms with E-state index in [2.05, 4.69) is 15.5 Å². The van der Waals surface area contributed by atoms with Crippen molar-refractivity contribution in [3.05, 3.63) is 63.7 Å². The first-order valence-corrected chi connectivity index (χ1v) is 11.0. The monoisotopic (exact) mass is 443 g/mol. The normalized spacial score (nSPS) is 13.1. The zero-order chi connectivity index (χ0) is 21.1. The number of aryl methyl sites for hydroxylation is 1. The lowest BCUT2D eigenvalue weighted by atomic mass is 10.1. The Morgan fingerprint density at radius 1 is 1.30 bits per heavy atom. The SMILES string of the molecule is Cc1ccccc1C(=O)Oc1coc(CSc2nnc(NC(=O)C3CC3)s2)cc1=O. The van der Waals surface area contributed by atoms with Crippen molar-refractivity contribution in [1.29, 1.82) is 0 Å². The summed E-state index contributed by atoms with van der Waals surface area (Å²) in [6, 6.07) is 8.24. The van der Waals surface area contributed by atoms with Gasteiger partial charge in [-0.15, -0.1) is 10.2 Å². The Bertz CT molecular complexity index is 1150. The first-order chi connectivity index (χ1) is 14.5. The van der Waals surface area contributed by atoms with E-state index in [-0.39, 0.29) is 17.6 Å². The Morgan fingerprint density at radius 3 is 2.83 bits per heavy atom. The maximum Gasteiger partial charge on any atom is 0.344 e. The van der Waals surface area contributed by atoms with E-state index in [1.54, 1.807) is 25.1 Å². The van der Waals surface area contributed by atoms with Crippen LogP contribution < -0.4 is 15.5 Å². The minimum Gasteiger partial charge on any atom is -0.464 e. The number of rotatable bonds is 7. The third-order valence-electron chi connectivity index (χ3n) is 4.34. The van der Waals surface area contributed by atoms with Gasteiger partial charge in [0.15, 0.2) is 4.34 Å². The second-order valence-electron chi connectivity index (χ2n) is 6.70. The number of aromatic nitrogens is 2. The summed E-state index contributed by atoms with van der Waals surface area (Å²) >= 11 is 2.59. The Morgan fingerprint density at radius 2 is 2.10 bits per heavy atom. The van der Waals surface area contributed by atoms with Crippen molar-refractivity contribution in [2.45, 2.75) is 29.9 Å². The first-order valence-electron chi connectivity index (χ1n) is 9.16. The topological polar surface area (TPSA) is 111 Å². The van der Waals surface area contributed by atoms with E-state index in [1.165, 1.54) is 29.2 Å². The van der Waals surface area contributed by atoms with Gasteiger partial charge < -0.3 is 14.5 Å². The number of thioether (sulfide) groups is 1. The van der Waals surface area contributed by atoms with Gasteiger partial charge in [0, 0.05) is 12.0 Å². The smallest absolute Gasteiger partial charge is 0.344 e. The molecular formula is C20H17N3O5S2. The Hall–Kier alpha value is -2.98. The summed E-state index contributed by atoms with van der Waals surface area (Å²) < 4.78 is 11.2. The van der Waals surface area contributed by atoms with Gasteiger partial charge in [-0.05, 0) is 31.4 Å². The van der Waals surface area contributed by atoms with Crippen LogP contribution in [0.15, 0.2) is 50.1 Å². The number of anilines is 1. The minimum absolute atomic E-state index is 0.0236. The molecule has 1 saturated carbocycles. The second-order valence-corrected chi connectivity index (χ2v) is 8.90. The van der Waals surface area contributed by atoms with Crippen LogP contribution in [-0.4, -0.2) is 22.1 Å². The van der Waals surface area contributed by atoms with Gasteiger partial charge in [0.2, 0.25) is 22.2 Å². The van der Waals surface area contributed by atoms with Crippen molar-refractivity contribution >= 4 is 40.1 Å². The maximum absolute atomic E-state index is 12.3. The molecule has 2 heterocycles. The first kappa shape index (κ1) is 20.3. The summed E-state index contributed by atoms with van der Waals surface area (Å²) in [4.78, 5) is 36.3. The average molecular weight is 444 g/mol. The van der Waals surface area contributed by atoms with E-state index in [1.807, 2.05) is 6.07 Å². The molecule has 1 aliphatic rings. The molecule has 0 atom stereocenters. The van der Waals surface area contributed by atoms with Crippen molar-refractivity contribution in [2.75, 3.05) is 5.32 Å². The molecule has 8 nitrogen and oxygen atoms in total. The second kappa shape index (κ2) is 8.80. The number of ether oxygens (including phenoxy) is 1. The Kier molecular flexibility index (Phi) is 5.96. The van der Waals surface area contributed by atoms with Gasteiger partial charge in [-0.3, -0.25) is 9.59 Å². The lowest BCUT2D eigenvalue weighted by Crippen LogP contribution is -2.15. The molecule has 154 valence electrons. The van der Waals surface area contributed by atoms with E-state index in [4.69, 9.17) is 9.15 Å². The fourth-order valence-electron chi connectivity index (χ4n) is 2.55. The zero-order valence-electron chi connectivity index (χ0n) is 15.9. The number of esters is 1. The van der Waals surface area contributed by atoms with Gasteiger partial charge in [0.05, 0.1) is 11.3 Å². The van der Waals surface area contributed by atoms with Gasteiger partial charge in [0.1, 0.15) is 12.0 Å². The van der Waals surface area contributed by atoms with Gasteiger partial charge in [-0.2, -0.15) is 0 Å². The fraction of sp³-hybridized carbons (Fsp3) is 0.250. The van der Waals surface area contributed by atoms with Crippen LogP contribution in [0, 0.1) is 12.8 Å². The predicted octanol–water partition coefficient (Wildman–Crippen LogP) is 3.66. The Labute approximate surface area is 179 Å². The van der Waals surface area contributed by atoms with Crippen LogP contribution in [0.25, 0.3) is 0 Å². The third kappa shape index (κ3) is 4.95. The van der Waals surface area contributed by atoms with Crippen LogP contribution >= 0.6 is 23.1 Å². The van der Waals surface area contributed by atoms with Crippen molar-refractivity contribution in [2.24, 2.45) is 5.92 Å². The highest BCUT2D eigenvalue weighted by molar-refractivity contribution is 8.00. The summed E-state index contributed by atoms with van der Waals surface area (Å²) in [5.74, 6) is 0.0313. The number of carbonyl (C=O) groups is 2. The lowest BCUT2D eigenvalue weighted by Gasteiger charge is -2.06. The number of nitrogens with one attached hydrogen (secondary N) is 1. The Balaban J connectivity index is 1.35. The molecule has 0 spiro atoms. The summed E-state index contributed by atoms with van der Waals surface area (Å²) in [5.41, 5.74) is 0.690. The van der Waals surface area contributed by atoms with Crippen LogP contribution in [0.4, 0.5) is 5.13 Å². The molecule has 2 aromatic heterocycles. The highest BCUT2D eigenvalue weighted by Gasteiger charge is 2.30. The molecule has 10 heteroatoms. The molecule has 1 aliphatic carbocycles. The van der Waals surface area contributed by atoms with E-state index in [0.29, 0.717) is 26.5 Å². The molecule has 30 heavy (non-hydrogen) atoms. The molecule has 4 rings (SSSR count). The third-order valence-corrected chi connectivity index (χ3v) is 6.34. The van der Waals surface area contributed by atoms with E-state index >= 15 is 0 Å². The lowest BCUT2D eigenvalue weighted by molar-refractivity contribution is -0.117. The van der Waals surface area contributed by atoms with Gasteiger partial charge in [-0.25, -0.2) is 4.79 Å². The number of hydrogen-bond donors (Lipinski definition) is 1. The molecule has 0 saturated heterocycles. The molecule has 0 unspecified atom stereocenters. The number of nitrogens with zero attached hydrogens (tertiary/aromatic N) is 2. The number of hydrogen-bond acceptors (Lipinski definition) is 9. The zero-order valence-corrected chi connectivity index (χ0v) is 17.5. The van der Waals surface area contributed by atoms with E-state index in [0.717, 1.165) is 24.7 Å². The molecule has 0 radical (unpaired) electrons. The van der Waals surface area contributed by atoms with Crippen LogP contribution in [-0.2, 0) is 10.5 Å². The summed E-state index contributed by atoms with van der Waals surface area (Å²) in [6.07, 6.45) is 2.97. The maximum atomic E-state index is 12.3.